The Hall–Kier alpha value is -0.530. The SMILES string of the molecule is CCC(C)C(=O)NCC(C)C.[HH]. The summed E-state index contributed by atoms with van der Waals surface area (Å²) >= 11 is 0. The summed E-state index contributed by atoms with van der Waals surface area (Å²) in [5.41, 5.74) is 0. The van der Waals surface area contributed by atoms with E-state index in [1.807, 2.05) is 13.8 Å². The van der Waals surface area contributed by atoms with Gasteiger partial charge in [-0.3, -0.25) is 4.79 Å². The summed E-state index contributed by atoms with van der Waals surface area (Å²) in [5.74, 6) is 0.887. The van der Waals surface area contributed by atoms with Crippen molar-refractivity contribution < 1.29 is 6.22 Å². The van der Waals surface area contributed by atoms with E-state index in [0.717, 1.165) is 13.0 Å². The lowest BCUT2D eigenvalue weighted by atomic mass is 10.1. The van der Waals surface area contributed by atoms with Crippen LogP contribution in [0.15, 0.2) is 0 Å². The Labute approximate surface area is 70.9 Å². The van der Waals surface area contributed by atoms with E-state index < -0.39 is 0 Å². The molecule has 0 saturated heterocycles. The number of hydrogen-bond donors (Lipinski definition) is 1. The first-order valence-corrected chi connectivity index (χ1v) is 4.35. The molecule has 1 N–H and O–H groups in total. The van der Waals surface area contributed by atoms with Crippen molar-refractivity contribution in [2.75, 3.05) is 6.54 Å². The predicted molar refractivity (Wildman–Crippen MR) is 49.4 cm³/mol. The molecule has 1 atom stereocenters. The molecule has 0 aromatic carbocycles. The van der Waals surface area contributed by atoms with Gasteiger partial charge in [0.15, 0.2) is 0 Å². The molecular weight excluding hydrogens is 138 g/mol. The van der Waals surface area contributed by atoms with Crippen molar-refractivity contribution in [2.24, 2.45) is 11.8 Å². The lowest BCUT2D eigenvalue weighted by Crippen LogP contribution is -2.31. The van der Waals surface area contributed by atoms with Gasteiger partial charge in [0.2, 0.25) is 5.91 Å². The summed E-state index contributed by atoms with van der Waals surface area (Å²) in [6.07, 6.45) is 0.921. The topological polar surface area (TPSA) is 29.1 Å². The number of carbonyl (C=O) groups excluding carboxylic acids is 1. The Morgan fingerprint density at radius 1 is 1.45 bits per heavy atom. The fourth-order valence-corrected chi connectivity index (χ4v) is 0.664. The lowest BCUT2D eigenvalue weighted by Gasteiger charge is -2.11. The highest BCUT2D eigenvalue weighted by molar-refractivity contribution is 5.78. The summed E-state index contributed by atoms with van der Waals surface area (Å²) in [6.45, 7) is 8.96. The van der Waals surface area contributed by atoms with E-state index in [1.165, 1.54) is 0 Å². The van der Waals surface area contributed by atoms with Crippen molar-refractivity contribution >= 4 is 5.91 Å². The average Bonchev–Trinajstić information content (AvgIpc) is 1.98. The molecule has 0 fully saturated rings. The van der Waals surface area contributed by atoms with E-state index in [4.69, 9.17) is 0 Å². The molecule has 2 nitrogen and oxygen atoms in total. The molecule has 1 unspecified atom stereocenters. The highest BCUT2D eigenvalue weighted by Crippen LogP contribution is 1.99. The molecule has 0 aliphatic rings. The highest BCUT2D eigenvalue weighted by atomic mass is 16.1. The van der Waals surface area contributed by atoms with Gasteiger partial charge in [0, 0.05) is 13.9 Å². The largest absolute Gasteiger partial charge is 0.356 e. The van der Waals surface area contributed by atoms with E-state index in [0.29, 0.717) is 5.92 Å². The second-order valence-electron chi connectivity index (χ2n) is 3.45. The van der Waals surface area contributed by atoms with Gasteiger partial charge in [0.05, 0.1) is 0 Å². The summed E-state index contributed by atoms with van der Waals surface area (Å²) in [4.78, 5) is 11.2. The van der Waals surface area contributed by atoms with E-state index in [-0.39, 0.29) is 13.3 Å². The Morgan fingerprint density at radius 3 is 2.36 bits per heavy atom. The van der Waals surface area contributed by atoms with Gasteiger partial charge in [-0.2, -0.15) is 0 Å². The van der Waals surface area contributed by atoms with Gasteiger partial charge in [0.1, 0.15) is 0 Å². The van der Waals surface area contributed by atoms with Crippen molar-refractivity contribution in [3.63, 3.8) is 0 Å². The van der Waals surface area contributed by atoms with Crippen LogP contribution >= 0.6 is 0 Å². The van der Waals surface area contributed by atoms with Gasteiger partial charge in [0.25, 0.3) is 0 Å². The molecule has 2 heteroatoms. The molecule has 11 heavy (non-hydrogen) atoms. The molecule has 1 amide bonds. The van der Waals surface area contributed by atoms with E-state index in [1.54, 1.807) is 0 Å². The van der Waals surface area contributed by atoms with Gasteiger partial charge in [-0.05, 0) is 12.3 Å². The normalized spacial score (nSPS) is 13.2. The van der Waals surface area contributed by atoms with Crippen LogP contribution in [0, 0.1) is 11.8 Å². The minimum absolute atomic E-state index is 0. The smallest absolute Gasteiger partial charge is 0.222 e. The van der Waals surface area contributed by atoms with Crippen LogP contribution in [0.25, 0.3) is 0 Å². The van der Waals surface area contributed by atoms with Crippen molar-refractivity contribution in [1.29, 1.82) is 0 Å². The second-order valence-corrected chi connectivity index (χ2v) is 3.45. The fourth-order valence-electron chi connectivity index (χ4n) is 0.664. The van der Waals surface area contributed by atoms with Gasteiger partial charge >= 0.3 is 0 Å². The van der Waals surface area contributed by atoms with Crippen molar-refractivity contribution in [1.82, 2.24) is 5.32 Å². The van der Waals surface area contributed by atoms with Crippen molar-refractivity contribution in [3.05, 3.63) is 0 Å². The minimum Gasteiger partial charge on any atom is -0.356 e. The van der Waals surface area contributed by atoms with Crippen LogP contribution in [0.1, 0.15) is 35.5 Å². The third kappa shape index (κ3) is 4.82. The molecular formula is C9H21NO. The summed E-state index contributed by atoms with van der Waals surface area (Å²) in [6, 6.07) is 0. The van der Waals surface area contributed by atoms with Crippen molar-refractivity contribution in [2.45, 2.75) is 34.1 Å². The second kappa shape index (κ2) is 5.16. The van der Waals surface area contributed by atoms with Crippen LogP contribution < -0.4 is 5.32 Å². The number of rotatable bonds is 4. The molecule has 0 aromatic heterocycles. The molecule has 0 heterocycles. The van der Waals surface area contributed by atoms with Crippen molar-refractivity contribution in [3.8, 4) is 0 Å². The lowest BCUT2D eigenvalue weighted by molar-refractivity contribution is -0.124. The maximum atomic E-state index is 11.2. The monoisotopic (exact) mass is 159 g/mol. The third-order valence-electron chi connectivity index (χ3n) is 1.74. The highest BCUT2D eigenvalue weighted by Gasteiger charge is 2.09. The summed E-state index contributed by atoms with van der Waals surface area (Å²) < 4.78 is 0. The first-order chi connectivity index (χ1) is 5.07. The Balaban J connectivity index is 0. The zero-order valence-corrected chi connectivity index (χ0v) is 7.98. The van der Waals surface area contributed by atoms with Gasteiger partial charge in [-0.25, -0.2) is 0 Å². The van der Waals surface area contributed by atoms with E-state index in [2.05, 4.69) is 19.2 Å². The molecule has 0 radical (unpaired) electrons. The third-order valence-corrected chi connectivity index (χ3v) is 1.74. The number of amides is 1. The summed E-state index contributed by atoms with van der Waals surface area (Å²) in [5, 5.41) is 2.89. The first kappa shape index (κ1) is 10.5. The molecule has 0 aliphatic heterocycles. The van der Waals surface area contributed by atoms with Crippen LogP contribution in [-0.4, -0.2) is 12.5 Å². The molecule has 0 rings (SSSR count). The fraction of sp³-hybridized carbons (Fsp3) is 0.889. The molecule has 0 aromatic rings. The van der Waals surface area contributed by atoms with Gasteiger partial charge in [-0.15, -0.1) is 0 Å². The standard InChI is InChI=1S/C9H19NO.H2/c1-5-8(4)9(11)10-6-7(2)3;/h7-8H,5-6H2,1-4H3,(H,10,11);1H. The quantitative estimate of drug-likeness (QED) is 0.668. The zero-order chi connectivity index (χ0) is 8.85. The number of carbonyl (C=O) groups is 1. The molecule has 68 valence electrons. The zero-order valence-electron chi connectivity index (χ0n) is 7.98. The average molecular weight is 159 g/mol. The minimum atomic E-state index is 0. The van der Waals surface area contributed by atoms with Crippen LogP contribution in [-0.2, 0) is 4.79 Å². The van der Waals surface area contributed by atoms with Crippen LogP contribution in [0.4, 0.5) is 0 Å². The van der Waals surface area contributed by atoms with E-state index >= 15 is 0 Å². The maximum absolute atomic E-state index is 11.2. The molecule has 0 bridgehead atoms. The van der Waals surface area contributed by atoms with E-state index in [9.17, 15) is 4.79 Å². The van der Waals surface area contributed by atoms with Crippen LogP contribution in [0.3, 0.4) is 0 Å². The molecule has 0 saturated carbocycles. The maximum Gasteiger partial charge on any atom is 0.222 e. The van der Waals surface area contributed by atoms with Crippen LogP contribution in [0.5, 0.6) is 0 Å². The molecule has 0 aliphatic carbocycles. The predicted octanol–water partition coefficient (Wildman–Crippen LogP) is 2.05. The van der Waals surface area contributed by atoms with Gasteiger partial charge in [-0.1, -0.05) is 27.7 Å². The summed E-state index contributed by atoms with van der Waals surface area (Å²) in [7, 11) is 0. The Morgan fingerprint density at radius 2 is 2.00 bits per heavy atom. The number of nitrogens with one attached hydrogen (secondary N) is 1. The number of hydrogen-bond acceptors (Lipinski definition) is 1. The molecule has 0 spiro atoms. The Kier molecular flexibility index (Phi) is 4.92. The van der Waals surface area contributed by atoms with Gasteiger partial charge < -0.3 is 5.32 Å². The first-order valence-electron chi connectivity index (χ1n) is 4.35. The Bertz CT molecular complexity index is 126. The van der Waals surface area contributed by atoms with Crippen LogP contribution in [0.2, 0.25) is 0 Å².